The molecule has 28 heavy (non-hydrogen) atoms. The van der Waals surface area contributed by atoms with Crippen LogP contribution in [-0.2, 0) is 22.4 Å². The SMILES string of the molecule is CCOC(=O)CN1CCC(=C2c3ccc(Cl)cc3CCc3cccnc32)CC1. The number of halogens is 1. The standard InChI is InChI=1S/C23H25ClN2O2/c1-2-28-21(27)15-26-12-9-16(10-13-26)22-20-8-7-19(24)14-18(20)6-5-17-4-3-11-25-23(17)22/h3-4,7-8,11,14H,2,5-6,9-10,12-13,15H2,1H3. The quantitative estimate of drug-likeness (QED) is 0.725. The van der Waals surface area contributed by atoms with E-state index in [1.54, 1.807) is 0 Å². The molecule has 1 saturated heterocycles. The zero-order valence-electron chi connectivity index (χ0n) is 16.2. The van der Waals surface area contributed by atoms with E-state index in [0.29, 0.717) is 13.2 Å². The fourth-order valence-electron chi connectivity index (χ4n) is 4.25. The van der Waals surface area contributed by atoms with Gasteiger partial charge in [0, 0.05) is 29.9 Å². The second-order valence-corrected chi connectivity index (χ2v) is 7.81. The molecule has 1 aliphatic heterocycles. The van der Waals surface area contributed by atoms with E-state index >= 15 is 0 Å². The predicted octanol–water partition coefficient (Wildman–Crippen LogP) is 4.29. The molecule has 0 bridgehead atoms. The van der Waals surface area contributed by atoms with Crippen LogP contribution in [0.15, 0.2) is 42.1 Å². The lowest BCUT2D eigenvalue weighted by atomic mass is 9.88. The second kappa shape index (κ2) is 8.46. The maximum absolute atomic E-state index is 11.8. The summed E-state index contributed by atoms with van der Waals surface area (Å²) in [5, 5.41) is 0.784. The van der Waals surface area contributed by atoms with Gasteiger partial charge in [0.2, 0.25) is 0 Å². The Kier molecular flexibility index (Phi) is 5.79. The first-order valence-corrected chi connectivity index (χ1v) is 10.4. The Morgan fingerprint density at radius 3 is 2.71 bits per heavy atom. The number of fused-ring (bicyclic) bond motifs is 2. The molecule has 0 radical (unpaired) electrons. The molecule has 1 aliphatic carbocycles. The summed E-state index contributed by atoms with van der Waals surface area (Å²) >= 11 is 6.29. The lowest BCUT2D eigenvalue weighted by molar-refractivity contribution is -0.144. The molecule has 1 fully saturated rings. The zero-order chi connectivity index (χ0) is 19.5. The molecule has 2 aromatic rings. The number of pyridine rings is 1. The first-order valence-electron chi connectivity index (χ1n) is 9.98. The third-order valence-corrected chi connectivity index (χ3v) is 5.83. The Labute approximate surface area is 171 Å². The van der Waals surface area contributed by atoms with E-state index in [9.17, 15) is 4.79 Å². The van der Waals surface area contributed by atoms with Crippen LogP contribution in [0.2, 0.25) is 5.02 Å². The van der Waals surface area contributed by atoms with E-state index in [1.165, 1.54) is 27.8 Å². The van der Waals surface area contributed by atoms with Gasteiger partial charge in [-0.05, 0) is 67.5 Å². The average Bonchev–Trinajstić information content (AvgIpc) is 2.85. The minimum atomic E-state index is -0.139. The number of rotatable bonds is 3. The highest BCUT2D eigenvalue weighted by atomic mass is 35.5. The van der Waals surface area contributed by atoms with Crippen molar-refractivity contribution in [3.8, 4) is 0 Å². The van der Waals surface area contributed by atoms with Crippen LogP contribution in [0.5, 0.6) is 0 Å². The van der Waals surface area contributed by atoms with Crippen molar-refractivity contribution < 1.29 is 9.53 Å². The molecular weight excluding hydrogens is 372 g/mol. The molecule has 1 aromatic heterocycles. The van der Waals surface area contributed by atoms with E-state index < -0.39 is 0 Å². The average molecular weight is 397 g/mol. The molecule has 4 nitrogen and oxygen atoms in total. The Bertz CT molecular complexity index is 913. The summed E-state index contributed by atoms with van der Waals surface area (Å²) in [6.45, 7) is 4.38. The molecule has 0 N–H and O–H groups in total. The van der Waals surface area contributed by atoms with Crippen molar-refractivity contribution in [3.63, 3.8) is 0 Å². The first kappa shape index (κ1) is 19.2. The van der Waals surface area contributed by atoms with Crippen molar-refractivity contribution >= 4 is 23.1 Å². The highest BCUT2D eigenvalue weighted by Gasteiger charge is 2.25. The molecule has 0 amide bonds. The number of carbonyl (C=O) groups excluding carboxylic acids is 1. The monoisotopic (exact) mass is 396 g/mol. The molecule has 0 spiro atoms. The van der Waals surface area contributed by atoms with Crippen LogP contribution in [0.25, 0.3) is 5.57 Å². The number of aryl methyl sites for hydroxylation is 2. The van der Waals surface area contributed by atoms with Crippen LogP contribution in [0.4, 0.5) is 0 Å². The summed E-state index contributed by atoms with van der Waals surface area (Å²) in [5.41, 5.74) is 7.66. The highest BCUT2D eigenvalue weighted by molar-refractivity contribution is 6.30. The number of carbonyl (C=O) groups is 1. The maximum atomic E-state index is 11.8. The summed E-state index contributed by atoms with van der Waals surface area (Å²) < 4.78 is 5.09. The molecule has 146 valence electrons. The number of hydrogen-bond donors (Lipinski definition) is 0. The van der Waals surface area contributed by atoms with Gasteiger partial charge in [0.15, 0.2) is 0 Å². The minimum absolute atomic E-state index is 0.139. The number of nitrogens with zero attached hydrogens (tertiary/aromatic N) is 2. The zero-order valence-corrected chi connectivity index (χ0v) is 17.0. The van der Waals surface area contributed by atoms with E-state index in [-0.39, 0.29) is 5.97 Å². The fourth-order valence-corrected chi connectivity index (χ4v) is 4.45. The highest BCUT2D eigenvalue weighted by Crippen LogP contribution is 2.38. The summed E-state index contributed by atoms with van der Waals surface area (Å²) in [5.74, 6) is -0.139. The van der Waals surface area contributed by atoms with Gasteiger partial charge in [-0.2, -0.15) is 0 Å². The van der Waals surface area contributed by atoms with Gasteiger partial charge in [0.05, 0.1) is 18.8 Å². The Hall–Kier alpha value is -2.17. The molecule has 0 unspecified atom stereocenters. The number of esters is 1. The van der Waals surface area contributed by atoms with Crippen molar-refractivity contribution in [2.45, 2.75) is 32.6 Å². The van der Waals surface area contributed by atoms with Crippen LogP contribution in [0.1, 0.15) is 42.1 Å². The molecule has 4 rings (SSSR count). The third-order valence-electron chi connectivity index (χ3n) is 5.60. The number of hydrogen-bond acceptors (Lipinski definition) is 4. The van der Waals surface area contributed by atoms with Crippen molar-refractivity contribution in [2.75, 3.05) is 26.2 Å². The van der Waals surface area contributed by atoms with Crippen LogP contribution in [-0.4, -0.2) is 42.1 Å². The van der Waals surface area contributed by atoms with Crippen LogP contribution in [0.3, 0.4) is 0 Å². The normalized spacial score (nSPS) is 16.9. The number of benzene rings is 1. The van der Waals surface area contributed by atoms with Crippen molar-refractivity contribution in [1.29, 1.82) is 0 Å². The lowest BCUT2D eigenvalue weighted by Crippen LogP contribution is -2.36. The first-order chi connectivity index (χ1) is 13.7. The number of piperidine rings is 1. The minimum Gasteiger partial charge on any atom is -0.465 e. The predicted molar refractivity (Wildman–Crippen MR) is 111 cm³/mol. The van der Waals surface area contributed by atoms with Gasteiger partial charge in [-0.15, -0.1) is 0 Å². The van der Waals surface area contributed by atoms with Gasteiger partial charge in [-0.3, -0.25) is 14.7 Å². The summed E-state index contributed by atoms with van der Waals surface area (Å²) in [6, 6.07) is 10.4. The van der Waals surface area contributed by atoms with Gasteiger partial charge in [0.1, 0.15) is 0 Å². The van der Waals surface area contributed by atoms with Gasteiger partial charge < -0.3 is 4.74 Å². The van der Waals surface area contributed by atoms with E-state index in [2.05, 4.69) is 23.1 Å². The molecular formula is C23H25ClN2O2. The maximum Gasteiger partial charge on any atom is 0.320 e. The smallest absolute Gasteiger partial charge is 0.320 e. The number of likely N-dealkylation sites (tertiary alicyclic amines) is 1. The van der Waals surface area contributed by atoms with Gasteiger partial charge in [0.25, 0.3) is 0 Å². The van der Waals surface area contributed by atoms with Crippen molar-refractivity contribution in [2.24, 2.45) is 0 Å². The Morgan fingerprint density at radius 1 is 1.14 bits per heavy atom. The van der Waals surface area contributed by atoms with E-state index in [4.69, 9.17) is 21.3 Å². The fraction of sp³-hybridized carbons (Fsp3) is 0.391. The number of aromatic nitrogens is 1. The Morgan fingerprint density at radius 2 is 1.93 bits per heavy atom. The summed E-state index contributed by atoms with van der Waals surface area (Å²) in [6.07, 6.45) is 5.71. The molecule has 2 heterocycles. The Balaban J connectivity index is 1.68. The topological polar surface area (TPSA) is 42.4 Å². The molecule has 5 heteroatoms. The van der Waals surface area contributed by atoms with Crippen molar-refractivity contribution in [1.82, 2.24) is 9.88 Å². The van der Waals surface area contributed by atoms with Gasteiger partial charge >= 0.3 is 5.97 Å². The molecule has 2 aliphatic rings. The number of ether oxygens (including phenoxy) is 1. The summed E-state index contributed by atoms with van der Waals surface area (Å²) in [4.78, 5) is 18.8. The van der Waals surface area contributed by atoms with E-state index in [0.717, 1.165) is 49.5 Å². The van der Waals surface area contributed by atoms with Crippen molar-refractivity contribution in [3.05, 3.63) is 69.5 Å². The van der Waals surface area contributed by atoms with Crippen LogP contribution >= 0.6 is 11.6 Å². The van der Waals surface area contributed by atoms with Crippen LogP contribution in [0, 0.1) is 0 Å². The van der Waals surface area contributed by atoms with E-state index in [1.807, 2.05) is 25.3 Å². The lowest BCUT2D eigenvalue weighted by Gasteiger charge is -2.29. The summed E-state index contributed by atoms with van der Waals surface area (Å²) in [7, 11) is 0. The largest absolute Gasteiger partial charge is 0.465 e. The second-order valence-electron chi connectivity index (χ2n) is 7.37. The van der Waals surface area contributed by atoms with Crippen LogP contribution < -0.4 is 0 Å². The molecule has 0 atom stereocenters. The molecule has 0 saturated carbocycles. The third kappa shape index (κ3) is 3.98. The molecule has 1 aromatic carbocycles. The van der Waals surface area contributed by atoms with Gasteiger partial charge in [-0.1, -0.05) is 29.3 Å². The van der Waals surface area contributed by atoms with Gasteiger partial charge in [-0.25, -0.2) is 0 Å².